The largest absolute Gasteiger partial charge is 0.457 e. The van der Waals surface area contributed by atoms with Crippen LogP contribution in [0.25, 0.3) is 11.5 Å². The van der Waals surface area contributed by atoms with Gasteiger partial charge in [0.05, 0.1) is 17.4 Å². The first kappa shape index (κ1) is 23.3. The number of benzene rings is 3. The van der Waals surface area contributed by atoms with Crippen molar-refractivity contribution in [3.8, 4) is 23.0 Å². The van der Waals surface area contributed by atoms with Gasteiger partial charge in [0.15, 0.2) is 0 Å². The van der Waals surface area contributed by atoms with Crippen LogP contribution in [0.15, 0.2) is 77.2 Å². The number of fused-ring (bicyclic) bond motifs is 2. The number of carbonyl (C=O) groups is 1. The highest BCUT2D eigenvalue weighted by atomic mass is 19.4. The van der Waals surface area contributed by atoms with Gasteiger partial charge in [0, 0.05) is 29.8 Å². The average molecular weight is 505 g/mol. The number of hydrogen-bond donors (Lipinski definition) is 0. The molecular formula is C28H22F3N3O3. The summed E-state index contributed by atoms with van der Waals surface area (Å²) in [5.41, 5.74) is 1.33. The number of aromatic nitrogens is 2. The van der Waals surface area contributed by atoms with Crippen molar-refractivity contribution in [2.45, 2.75) is 30.9 Å². The fourth-order valence-electron chi connectivity index (χ4n) is 5.06. The number of piperidine rings is 1. The molecule has 1 fully saturated rings. The molecule has 1 amide bonds. The van der Waals surface area contributed by atoms with Crippen molar-refractivity contribution in [3.63, 3.8) is 0 Å². The fraction of sp³-hybridized carbons (Fsp3) is 0.250. The van der Waals surface area contributed by atoms with E-state index < -0.39 is 17.7 Å². The molecule has 9 heteroatoms. The maximum absolute atomic E-state index is 13.9. The number of para-hydroxylation sites is 2. The number of likely N-dealkylation sites (tertiary alicyclic amines) is 1. The zero-order valence-electron chi connectivity index (χ0n) is 19.6. The molecule has 188 valence electrons. The van der Waals surface area contributed by atoms with E-state index in [0.29, 0.717) is 36.0 Å². The van der Waals surface area contributed by atoms with E-state index in [0.717, 1.165) is 36.1 Å². The summed E-state index contributed by atoms with van der Waals surface area (Å²) in [5, 5.41) is 8.22. The molecule has 0 bridgehead atoms. The van der Waals surface area contributed by atoms with E-state index in [1.807, 2.05) is 53.4 Å². The summed E-state index contributed by atoms with van der Waals surface area (Å²) in [4.78, 5) is 15.7. The molecule has 1 unspecified atom stereocenters. The topological polar surface area (TPSA) is 68.5 Å². The maximum Gasteiger partial charge on any atom is 0.416 e. The third-order valence-electron chi connectivity index (χ3n) is 6.91. The summed E-state index contributed by atoms with van der Waals surface area (Å²) < 4.78 is 50.5. The predicted molar refractivity (Wildman–Crippen MR) is 128 cm³/mol. The van der Waals surface area contributed by atoms with Crippen LogP contribution in [0.2, 0.25) is 0 Å². The lowest BCUT2D eigenvalue weighted by Crippen LogP contribution is -2.42. The predicted octanol–water partition coefficient (Wildman–Crippen LogP) is 6.40. The normalized spacial score (nSPS) is 17.6. The van der Waals surface area contributed by atoms with E-state index >= 15 is 0 Å². The van der Waals surface area contributed by atoms with E-state index in [1.165, 1.54) is 12.1 Å². The molecule has 0 spiro atoms. The number of ether oxygens (including phenoxy) is 1. The molecule has 3 heterocycles. The second-order valence-electron chi connectivity index (χ2n) is 9.25. The quantitative estimate of drug-likeness (QED) is 0.322. The third kappa shape index (κ3) is 4.34. The van der Waals surface area contributed by atoms with Gasteiger partial charge in [0.1, 0.15) is 11.5 Å². The first-order valence-corrected chi connectivity index (χ1v) is 12.0. The molecule has 0 saturated carbocycles. The minimum Gasteiger partial charge on any atom is -0.457 e. The number of halogens is 3. The summed E-state index contributed by atoms with van der Waals surface area (Å²) >= 11 is 0. The number of rotatable bonds is 3. The summed E-state index contributed by atoms with van der Waals surface area (Å²) in [5.74, 6) is 1.21. The van der Waals surface area contributed by atoms with Crippen LogP contribution in [0.5, 0.6) is 11.5 Å². The lowest BCUT2D eigenvalue weighted by atomic mass is 9.86. The van der Waals surface area contributed by atoms with Crippen molar-refractivity contribution < 1.29 is 27.1 Å². The molecule has 4 aromatic rings. The van der Waals surface area contributed by atoms with E-state index in [4.69, 9.17) is 9.15 Å². The summed E-state index contributed by atoms with van der Waals surface area (Å²) in [7, 11) is 0. The fourth-order valence-corrected chi connectivity index (χ4v) is 5.06. The van der Waals surface area contributed by atoms with Gasteiger partial charge in [-0.2, -0.15) is 13.2 Å². The van der Waals surface area contributed by atoms with E-state index in [9.17, 15) is 18.0 Å². The van der Waals surface area contributed by atoms with Crippen LogP contribution in [0.4, 0.5) is 13.2 Å². The SMILES string of the molecule is O=C(C1c2ccccc2Oc2ccccc21)N1CCCC(c2nnc(-c3ccc(C(F)(F)F)cc3)o2)C1. The van der Waals surface area contributed by atoms with Crippen molar-refractivity contribution in [1.29, 1.82) is 0 Å². The number of nitrogens with zero attached hydrogens (tertiary/aromatic N) is 3. The zero-order valence-corrected chi connectivity index (χ0v) is 19.6. The Labute approximate surface area is 210 Å². The molecule has 3 aromatic carbocycles. The monoisotopic (exact) mass is 505 g/mol. The highest BCUT2D eigenvalue weighted by Crippen LogP contribution is 2.45. The molecule has 6 rings (SSSR count). The Morgan fingerprint density at radius 3 is 2.19 bits per heavy atom. The van der Waals surface area contributed by atoms with Gasteiger partial charge in [-0.25, -0.2) is 0 Å². The Morgan fingerprint density at radius 2 is 1.54 bits per heavy atom. The Morgan fingerprint density at radius 1 is 0.892 bits per heavy atom. The van der Waals surface area contributed by atoms with Gasteiger partial charge in [-0.3, -0.25) is 4.79 Å². The second-order valence-corrected chi connectivity index (χ2v) is 9.25. The van der Waals surface area contributed by atoms with Crippen molar-refractivity contribution in [2.24, 2.45) is 0 Å². The second kappa shape index (κ2) is 9.06. The molecule has 0 aliphatic carbocycles. The van der Waals surface area contributed by atoms with Crippen LogP contribution in [-0.4, -0.2) is 34.1 Å². The standard InChI is InChI=1S/C28H22F3N3O3/c29-28(30,31)19-13-11-17(12-14-19)25-32-33-26(37-25)18-6-5-15-34(16-18)27(35)24-20-7-1-3-9-22(20)36-23-10-4-2-8-21(23)24/h1-4,7-14,18,24H,5-6,15-16H2. The molecule has 2 aliphatic heterocycles. The molecular weight excluding hydrogens is 483 g/mol. The molecule has 1 atom stereocenters. The van der Waals surface area contributed by atoms with Crippen LogP contribution in [0.3, 0.4) is 0 Å². The molecule has 1 saturated heterocycles. The van der Waals surface area contributed by atoms with Crippen LogP contribution >= 0.6 is 0 Å². The van der Waals surface area contributed by atoms with Gasteiger partial charge >= 0.3 is 6.18 Å². The highest BCUT2D eigenvalue weighted by Gasteiger charge is 2.38. The summed E-state index contributed by atoms with van der Waals surface area (Å²) in [6, 6.07) is 19.8. The third-order valence-corrected chi connectivity index (χ3v) is 6.91. The maximum atomic E-state index is 13.9. The molecule has 0 radical (unpaired) electrons. The molecule has 0 N–H and O–H groups in total. The zero-order chi connectivity index (χ0) is 25.6. The van der Waals surface area contributed by atoms with Gasteiger partial charge in [0.2, 0.25) is 17.7 Å². The lowest BCUT2D eigenvalue weighted by Gasteiger charge is -2.36. The highest BCUT2D eigenvalue weighted by molar-refractivity contribution is 5.89. The van der Waals surface area contributed by atoms with Gasteiger partial charge in [-0.05, 0) is 49.2 Å². The summed E-state index contributed by atoms with van der Waals surface area (Å²) in [6.45, 7) is 1.02. The minimum atomic E-state index is -4.41. The number of amides is 1. The van der Waals surface area contributed by atoms with Crippen LogP contribution in [0, 0.1) is 0 Å². The smallest absolute Gasteiger partial charge is 0.416 e. The number of carbonyl (C=O) groups excluding carboxylic acids is 1. The van der Waals surface area contributed by atoms with Crippen molar-refractivity contribution >= 4 is 5.91 Å². The Balaban J connectivity index is 1.23. The first-order valence-electron chi connectivity index (χ1n) is 12.0. The van der Waals surface area contributed by atoms with Crippen LogP contribution in [0.1, 0.15) is 47.3 Å². The van der Waals surface area contributed by atoms with Gasteiger partial charge in [0.25, 0.3) is 0 Å². The average Bonchev–Trinajstić information content (AvgIpc) is 3.41. The minimum absolute atomic E-state index is 0.0182. The van der Waals surface area contributed by atoms with Crippen LogP contribution < -0.4 is 4.74 Å². The Kier molecular flexibility index (Phi) is 5.70. The van der Waals surface area contributed by atoms with Crippen molar-refractivity contribution in [2.75, 3.05) is 13.1 Å². The molecule has 1 aromatic heterocycles. The van der Waals surface area contributed by atoms with Gasteiger partial charge in [-0.15, -0.1) is 10.2 Å². The van der Waals surface area contributed by atoms with E-state index in [-0.39, 0.29) is 17.7 Å². The van der Waals surface area contributed by atoms with Gasteiger partial charge in [-0.1, -0.05) is 36.4 Å². The first-order chi connectivity index (χ1) is 17.9. The van der Waals surface area contributed by atoms with Crippen molar-refractivity contribution in [1.82, 2.24) is 15.1 Å². The number of hydrogen-bond acceptors (Lipinski definition) is 5. The van der Waals surface area contributed by atoms with E-state index in [1.54, 1.807) is 0 Å². The number of alkyl halides is 3. The van der Waals surface area contributed by atoms with Gasteiger partial charge < -0.3 is 14.1 Å². The molecule has 6 nitrogen and oxygen atoms in total. The van der Waals surface area contributed by atoms with E-state index in [2.05, 4.69) is 10.2 Å². The Bertz CT molecular complexity index is 1400. The Hall–Kier alpha value is -4.14. The molecule has 2 aliphatic rings. The van der Waals surface area contributed by atoms with Crippen LogP contribution in [-0.2, 0) is 11.0 Å². The lowest BCUT2D eigenvalue weighted by molar-refractivity contribution is -0.137. The molecule has 37 heavy (non-hydrogen) atoms. The summed E-state index contributed by atoms with van der Waals surface area (Å²) in [6.07, 6.45) is -2.89. The van der Waals surface area contributed by atoms with Crippen molar-refractivity contribution in [3.05, 3.63) is 95.4 Å².